The van der Waals surface area contributed by atoms with Gasteiger partial charge in [0.2, 0.25) is 0 Å². The Morgan fingerprint density at radius 2 is 1.77 bits per heavy atom. The zero-order chi connectivity index (χ0) is 35.8. The highest BCUT2D eigenvalue weighted by Crippen LogP contribution is 2.22. The minimum Gasteiger partial charge on any atom is -0.508 e. The smallest absolute Gasteiger partial charge is 0.121 e. The van der Waals surface area contributed by atoms with Gasteiger partial charge in [-0.25, -0.2) is 0 Å². The highest BCUT2D eigenvalue weighted by molar-refractivity contribution is 5.36. The van der Waals surface area contributed by atoms with Crippen LogP contribution in [0.1, 0.15) is 83.1 Å². The highest BCUT2D eigenvalue weighted by atomic mass is 16.5. The molecule has 5 nitrogen and oxygen atoms in total. The van der Waals surface area contributed by atoms with Gasteiger partial charge in [-0.05, 0) is 61.8 Å². The molecule has 0 bridgehead atoms. The van der Waals surface area contributed by atoms with E-state index in [0.29, 0.717) is 6.42 Å². The van der Waals surface area contributed by atoms with Crippen molar-refractivity contribution in [3.05, 3.63) is 65.2 Å². The van der Waals surface area contributed by atoms with E-state index in [-0.39, 0.29) is 12.0 Å². The number of aliphatic hydroxyl groups is 2. The topological polar surface area (TPSA) is 82.0 Å². The van der Waals surface area contributed by atoms with Gasteiger partial charge in [-0.1, -0.05) is 49.1 Å². The molecular formula is C25H37NO4. The molecular weight excluding hydrogens is 378 g/mol. The molecule has 1 atom stereocenters. The van der Waals surface area contributed by atoms with E-state index in [1.165, 1.54) is 0 Å². The second kappa shape index (κ2) is 15.0. The summed E-state index contributed by atoms with van der Waals surface area (Å²) in [6.07, 6.45) is -18.3. The van der Waals surface area contributed by atoms with Crippen molar-refractivity contribution in [1.82, 2.24) is 5.32 Å². The molecule has 166 valence electrons. The van der Waals surface area contributed by atoms with Crippen molar-refractivity contribution in [1.29, 1.82) is 0 Å². The molecule has 5 heteroatoms. The summed E-state index contributed by atoms with van der Waals surface area (Å²) in [7, 11) is 0. The molecule has 4 N–H and O–H groups in total. The molecule has 30 heavy (non-hydrogen) atoms. The SMILES string of the molecule is [2H]C([2H])(CCCc1ccccc1)OC([2H])([2H])C([2H])([2H])C([2H])([2H])C([2H])([2H])C([2H])([2H])C([2H])([2H])NCC(O)c1ccc(O)c(C([2H])([2H])O)c1. The zero-order valence-corrected chi connectivity index (χ0v) is 16.3. The number of aromatic hydroxyl groups is 1. The predicted octanol–water partition coefficient (Wildman–Crippen LogP) is 4.11. The van der Waals surface area contributed by atoms with Crippen molar-refractivity contribution in [2.75, 3.05) is 26.2 Å². The van der Waals surface area contributed by atoms with E-state index in [1.54, 1.807) is 30.3 Å². The first-order valence-corrected chi connectivity index (χ1v) is 9.27. The minimum absolute atomic E-state index is 0.114. The van der Waals surface area contributed by atoms with Gasteiger partial charge in [0.05, 0.1) is 20.9 Å². The van der Waals surface area contributed by atoms with Crippen LogP contribution in [0.3, 0.4) is 0 Å². The van der Waals surface area contributed by atoms with E-state index in [4.69, 9.17) is 26.7 Å². The van der Waals surface area contributed by atoms with Crippen LogP contribution in [0.15, 0.2) is 48.5 Å². The quantitative estimate of drug-likeness (QED) is 0.322. The monoisotopic (exact) mass is 431 g/mol. The largest absolute Gasteiger partial charge is 0.508 e. The third kappa shape index (κ3) is 9.72. The zero-order valence-electron chi connectivity index (χ0n) is 32.3. The first kappa shape index (κ1) is 10.1. The second-order valence-corrected chi connectivity index (χ2v) is 6.10. The molecule has 0 radical (unpaired) electrons. The van der Waals surface area contributed by atoms with Crippen molar-refractivity contribution in [2.45, 2.75) is 57.4 Å². The molecule has 0 saturated carbocycles. The Balaban J connectivity index is 2.26. The van der Waals surface area contributed by atoms with Gasteiger partial charge >= 0.3 is 0 Å². The number of nitrogens with one attached hydrogen (secondary N) is 1. The summed E-state index contributed by atoms with van der Waals surface area (Å²) in [4.78, 5) is 0. The first-order chi connectivity index (χ1) is 20.5. The molecule has 2 rings (SSSR count). The van der Waals surface area contributed by atoms with E-state index in [9.17, 15) is 15.3 Å². The van der Waals surface area contributed by atoms with E-state index in [1.807, 2.05) is 5.32 Å². The van der Waals surface area contributed by atoms with Crippen molar-refractivity contribution < 1.29 is 42.0 Å². The number of aliphatic hydroxyl groups excluding tert-OH is 1. The Morgan fingerprint density at radius 1 is 0.967 bits per heavy atom. The summed E-state index contributed by atoms with van der Waals surface area (Å²) in [6, 6.07) is 11.7. The summed E-state index contributed by atoms with van der Waals surface area (Å²) in [5.41, 5.74) is -0.00150. The van der Waals surface area contributed by atoms with Gasteiger partial charge in [0, 0.05) is 38.9 Å². The Bertz CT molecular complexity index is 1320. The van der Waals surface area contributed by atoms with Crippen molar-refractivity contribution in [3.8, 4) is 5.75 Å². The second-order valence-electron chi connectivity index (χ2n) is 6.10. The maximum Gasteiger partial charge on any atom is 0.121 e. The highest BCUT2D eigenvalue weighted by Gasteiger charge is 2.09. The Kier molecular flexibility index (Phi) is 5.06. The maximum absolute atomic E-state index is 10.5. The van der Waals surface area contributed by atoms with Crippen LogP contribution in [0, 0.1) is 0 Å². The molecule has 2 aromatic rings. The summed E-state index contributed by atoms with van der Waals surface area (Å²) in [5.74, 6) is -0.670. The number of aryl methyl sites for hydroxylation is 1. The number of rotatable bonds is 16. The maximum atomic E-state index is 10.5. The van der Waals surface area contributed by atoms with Gasteiger partial charge < -0.3 is 25.4 Å². The first-order valence-electron chi connectivity index (χ1n) is 17.3. The van der Waals surface area contributed by atoms with Crippen molar-refractivity contribution in [3.63, 3.8) is 0 Å². The van der Waals surface area contributed by atoms with Crippen LogP contribution in [0.2, 0.25) is 0 Å². The number of hydrogen-bond acceptors (Lipinski definition) is 5. The lowest BCUT2D eigenvalue weighted by atomic mass is 10.1. The van der Waals surface area contributed by atoms with Crippen molar-refractivity contribution >= 4 is 0 Å². The van der Waals surface area contributed by atoms with Crippen LogP contribution in [-0.4, -0.2) is 41.5 Å². The normalized spacial score (nSPS) is 23.9. The van der Waals surface area contributed by atoms with Crippen LogP contribution in [0.25, 0.3) is 0 Å². The molecule has 0 aromatic heterocycles. The number of benzene rings is 2. The number of ether oxygens (including phenoxy) is 1. The molecule has 0 aliphatic heterocycles. The fraction of sp³-hybridized carbons (Fsp3) is 0.520. The molecule has 0 spiro atoms. The average molecular weight is 432 g/mol. The fourth-order valence-corrected chi connectivity index (χ4v) is 2.40. The third-order valence-corrected chi connectivity index (χ3v) is 3.92. The van der Waals surface area contributed by atoms with Crippen LogP contribution >= 0.6 is 0 Å². The van der Waals surface area contributed by atoms with E-state index in [2.05, 4.69) is 0 Å². The molecule has 0 saturated heterocycles. The van der Waals surface area contributed by atoms with Crippen LogP contribution in [-0.2, 0) is 17.7 Å². The molecule has 1 unspecified atom stereocenters. The molecule has 0 fully saturated rings. The Labute approximate surface area is 203 Å². The fourth-order valence-electron chi connectivity index (χ4n) is 2.40. The summed E-state index contributed by atoms with van der Waals surface area (Å²) >= 11 is 0. The molecule has 0 aliphatic rings. The van der Waals surface area contributed by atoms with Gasteiger partial charge in [-0.3, -0.25) is 0 Å². The molecule has 0 amide bonds. The summed E-state index contributed by atoms with van der Waals surface area (Å²) in [6.45, 7) is -14.3. The lowest BCUT2D eigenvalue weighted by Gasteiger charge is -2.14. The number of phenols is 1. The predicted molar refractivity (Wildman–Crippen MR) is 121 cm³/mol. The van der Waals surface area contributed by atoms with E-state index >= 15 is 0 Å². The third-order valence-electron chi connectivity index (χ3n) is 3.92. The Hall–Kier alpha value is -1.92. The van der Waals surface area contributed by atoms with Crippen LogP contribution in [0.4, 0.5) is 0 Å². The Morgan fingerprint density at radius 3 is 2.57 bits per heavy atom. The van der Waals surface area contributed by atoms with Gasteiger partial charge in [0.25, 0.3) is 0 Å². The lowest BCUT2D eigenvalue weighted by molar-refractivity contribution is 0.126. The van der Waals surface area contributed by atoms with Gasteiger partial charge in [0.1, 0.15) is 5.75 Å². The molecule has 0 heterocycles. The number of hydrogen-bond donors (Lipinski definition) is 4. The van der Waals surface area contributed by atoms with E-state index < -0.39 is 82.0 Å². The molecule has 0 aliphatic carbocycles. The lowest BCUT2D eigenvalue weighted by Crippen LogP contribution is -2.22. The standard InChI is InChI=1S/C25H37NO4/c27-20-23-18-22(13-14-24(23)28)25(29)19-26-15-7-1-2-8-16-30-17-9-6-12-21-10-4-3-5-11-21/h3-5,10-11,13-14,18,25-29H,1-2,6-9,12,15-17,19-20H2/i1D2,2D2,7D2,8D2,15D2,16D2,17D2,20D2. The van der Waals surface area contributed by atoms with E-state index in [0.717, 1.165) is 23.8 Å². The van der Waals surface area contributed by atoms with Crippen LogP contribution < -0.4 is 5.32 Å². The van der Waals surface area contributed by atoms with Crippen molar-refractivity contribution in [2.24, 2.45) is 0 Å². The molecule has 2 aromatic carbocycles. The summed E-state index contributed by atoms with van der Waals surface area (Å²) < 4.78 is 134. The van der Waals surface area contributed by atoms with Gasteiger partial charge in [-0.15, -0.1) is 0 Å². The minimum atomic E-state index is -4.22. The van der Waals surface area contributed by atoms with Gasteiger partial charge in [-0.2, -0.15) is 0 Å². The summed E-state index contributed by atoms with van der Waals surface area (Å²) in [5, 5.41) is 31.7. The average Bonchev–Trinajstić information content (AvgIpc) is 2.90. The van der Waals surface area contributed by atoms with Gasteiger partial charge in [0.15, 0.2) is 0 Å². The van der Waals surface area contributed by atoms with Crippen LogP contribution in [0.5, 0.6) is 5.75 Å².